The summed E-state index contributed by atoms with van der Waals surface area (Å²) in [5.41, 5.74) is 2.05. The largest absolute Gasteiger partial charge is 0.342 e. The Morgan fingerprint density at radius 3 is 3.00 bits per heavy atom. The summed E-state index contributed by atoms with van der Waals surface area (Å²) in [4.78, 5) is 14.7. The average Bonchev–Trinajstić information content (AvgIpc) is 3.10. The van der Waals surface area contributed by atoms with Gasteiger partial charge in [-0.3, -0.25) is 9.20 Å². The summed E-state index contributed by atoms with van der Waals surface area (Å²) in [6.07, 6.45) is 5.37. The monoisotopic (exact) mass is 412 g/mol. The maximum absolute atomic E-state index is 12.7. The fourth-order valence-corrected chi connectivity index (χ4v) is 4.10. The minimum atomic E-state index is 0.225. The van der Waals surface area contributed by atoms with Crippen LogP contribution in [-0.2, 0) is 11.2 Å². The van der Waals surface area contributed by atoms with Gasteiger partial charge in [0.15, 0.2) is 5.65 Å². The standard InChI is InChI=1S/C20H21BrN4O/c21-17-7-3-5-15(13-17)9-10-19(26)24-11-4-6-16(14-24)20-23-22-18-8-1-2-12-25(18)20/h1-3,5,7-8,12-13,16H,4,6,9-11,14H2. The van der Waals surface area contributed by atoms with E-state index in [1.54, 1.807) is 0 Å². The van der Waals surface area contributed by atoms with Gasteiger partial charge in [0.2, 0.25) is 5.91 Å². The number of likely N-dealkylation sites (tertiary alicyclic amines) is 1. The Labute approximate surface area is 161 Å². The second-order valence-corrected chi connectivity index (χ2v) is 7.71. The zero-order valence-corrected chi connectivity index (χ0v) is 16.1. The lowest BCUT2D eigenvalue weighted by Crippen LogP contribution is -2.39. The molecule has 1 amide bonds. The van der Waals surface area contributed by atoms with Crippen LogP contribution in [-0.4, -0.2) is 38.5 Å². The number of pyridine rings is 1. The van der Waals surface area contributed by atoms with Gasteiger partial charge in [-0.05, 0) is 49.1 Å². The van der Waals surface area contributed by atoms with Crippen molar-refractivity contribution in [2.75, 3.05) is 13.1 Å². The number of aromatic nitrogens is 3. The molecule has 0 bridgehead atoms. The summed E-state index contributed by atoms with van der Waals surface area (Å²) >= 11 is 3.48. The number of amides is 1. The average molecular weight is 413 g/mol. The van der Waals surface area contributed by atoms with Gasteiger partial charge in [0.25, 0.3) is 0 Å². The quantitative estimate of drug-likeness (QED) is 0.653. The molecule has 5 nitrogen and oxygen atoms in total. The summed E-state index contributed by atoms with van der Waals surface area (Å²) in [6.45, 7) is 1.57. The fraction of sp³-hybridized carbons (Fsp3) is 0.350. The number of nitrogens with zero attached hydrogens (tertiary/aromatic N) is 4. The molecule has 0 saturated carbocycles. The van der Waals surface area contributed by atoms with Crippen LogP contribution in [0.25, 0.3) is 5.65 Å². The molecule has 1 unspecified atom stereocenters. The summed E-state index contributed by atoms with van der Waals surface area (Å²) in [7, 11) is 0. The molecule has 1 atom stereocenters. The van der Waals surface area contributed by atoms with Crippen LogP contribution in [0, 0.1) is 0 Å². The highest BCUT2D eigenvalue weighted by atomic mass is 79.9. The first-order valence-electron chi connectivity index (χ1n) is 9.02. The molecule has 134 valence electrons. The molecule has 0 N–H and O–H groups in total. The van der Waals surface area contributed by atoms with E-state index in [4.69, 9.17) is 0 Å². The van der Waals surface area contributed by atoms with Crippen molar-refractivity contribution in [3.63, 3.8) is 0 Å². The molecule has 1 aliphatic rings. The molecule has 2 aromatic heterocycles. The molecular weight excluding hydrogens is 392 g/mol. The van der Waals surface area contributed by atoms with E-state index in [-0.39, 0.29) is 11.8 Å². The van der Waals surface area contributed by atoms with Gasteiger partial charge in [-0.1, -0.05) is 34.1 Å². The van der Waals surface area contributed by atoms with E-state index in [9.17, 15) is 4.79 Å². The SMILES string of the molecule is O=C(CCc1cccc(Br)c1)N1CCCC(c2nnc3ccccn23)C1. The molecule has 26 heavy (non-hydrogen) atoms. The van der Waals surface area contributed by atoms with E-state index in [0.717, 1.165) is 48.3 Å². The minimum Gasteiger partial charge on any atom is -0.342 e. The van der Waals surface area contributed by atoms with Gasteiger partial charge in [-0.25, -0.2) is 0 Å². The second kappa shape index (κ2) is 7.58. The van der Waals surface area contributed by atoms with E-state index in [2.05, 4.69) is 38.3 Å². The van der Waals surface area contributed by atoms with Crippen molar-refractivity contribution < 1.29 is 4.79 Å². The third-order valence-corrected chi connectivity index (χ3v) is 5.49. The number of benzene rings is 1. The summed E-state index contributed by atoms with van der Waals surface area (Å²) in [5.74, 6) is 1.43. The smallest absolute Gasteiger partial charge is 0.222 e. The Balaban J connectivity index is 1.42. The Morgan fingerprint density at radius 1 is 1.19 bits per heavy atom. The molecule has 1 aromatic carbocycles. The number of carbonyl (C=O) groups excluding carboxylic acids is 1. The Kier molecular flexibility index (Phi) is 5.02. The zero-order valence-electron chi connectivity index (χ0n) is 14.5. The van der Waals surface area contributed by atoms with Gasteiger partial charge in [0.1, 0.15) is 5.82 Å². The number of fused-ring (bicyclic) bond motifs is 1. The molecule has 3 aromatic rings. The fourth-order valence-electron chi connectivity index (χ4n) is 3.65. The Hall–Kier alpha value is -2.21. The summed E-state index contributed by atoms with van der Waals surface area (Å²) in [5, 5.41) is 8.64. The third-order valence-electron chi connectivity index (χ3n) is 5.00. The predicted molar refractivity (Wildman–Crippen MR) is 104 cm³/mol. The lowest BCUT2D eigenvalue weighted by Gasteiger charge is -2.32. The van der Waals surface area contributed by atoms with Gasteiger partial charge in [-0.2, -0.15) is 0 Å². The Bertz CT molecular complexity index is 923. The molecule has 1 saturated heterocycles. The molecule has 3 heterocycles. The molecule has 1 aliphatic heterocycles. The zero-order chi connectivity index (χ0) is 17.9. The lowest BCUT2D eigenvalue weighted by molar-refractivity contribution is -0.132. The van der Waals surface area contributed by atoms with Crippen molar-refractivity contribution in [3.8, 4) is 0 Å². The van der Waals surface area contributed by atoms with Crippen molar-refractivity contribution in [1.82, 2.24) is 19.5 Å². The topological polar surface area (TPSA) is 50.5 Å². The maximum Gasteiger partial charge on any atom is 0.222 e. The summed E-state index contributed by atoms with van der Waals surface area (Å²) < 4.78 is 3.10. The number of piperidine rings is 1. The minimum absolute atomic E-state index is 0.225. The van der Waals surface area contributed by atoms with Crippen LogP contribution in [0.2, 0.25) is 0 Å². The highest BCUT2D eigenvalue weighted by Gasteiger charge is 2.27. The van der Waals surface area contributed by atoms with Crippen molar-refractivity contribution in [3.05, 3.63) is 64.5 Å². The molecule has 0 radical (unpaired) electrons. The van der Waals surface area contributed by atoms with Crippen molar-refractivity contribution in [2.24, 2.45) is 0 Å². The van der Waals surface area contributed by atoms with E-state index in [1.807, 2.05) is 45.8 Å². The molecule has 1 fully saturated rings. The van der Waals surface area contributed by atoms with Crippen LogP contribution in [0.3, 0.4) is 0 Å². The van der Waals surface area contributed by atoms with Crippen molar-refractivity contribution in [1.29, 1.82) is 0 Å². The third kappa shape index (κ3) is 3.65. The van der Waals surface area contributed by atoms with Gasteiger partial charge < -0.3 is 4.90 Å². The van der Waals surface area contributed by atoms with Gasteiger partial charge >= 0.3 is 0 Å². The molecule has 4 rings (SSSR count). The lowest BCUT2D eigenvalue weighted by atomic mass is 9.96. The van der Waals surface area contributed by atoms with E-state index in [1.165, 1.54) is 5.56 Å². The number of aryl methyl sites for hydroxylation is 1. The molecule has 0 spiro atoms. The second-order valence-electron chi connectivity index (χ2n) is 6.80. The number of hydrogen-bond acceptors (Lipinski definition) is 3. The van der Waals surface area contributed by atoms with Crippen LogP contribution in [0.5, 0.6) is 0 Å². The predicted octanol–water partition coefficient (Wildman–Crippen LogP) is 3.83. The molecular formula is C20H21BrN4O. The van der Waals surface area contributed by atoms with Crippen molar-refractivity contribution >= 4 is 27.5 Å². The first-order chi connectivity index (χ1) is 12.7. The van der Waals surface area contributed by atoms with Gasteiger partial charge in [0, 0.05) is 36.1 Å². The van der Waals surface area contributed by atoms with Crippen LogP contribution >= 0.6 is 15.9 Å². The van der Waals surface area contributed by atoms with E-state index < -0.39 is 0 Å². The molecule has 0 aliphatic carbocycles. The first-order valence-corrected chi connectivity index (χ1v) is 9.82. The highest BCUT2D eigenvalue weighted by Crippen LogP contribution is 2.26. The maximum atomic E-state index is 12.7. The van der Waals surface area contributed by atoms with Crippen LogP contribution in [0.4, 0.5) is 0 Å². The van der Waals surface area contributed by atoms with Crippen LogP contribution in [0.1, 0.15) is 36.6 Å². The van der Waals surface area contributed by atoms with Gasteiger partial charge in [0.05, 0.1) is 0 Å². The van der Waals surface area contributed by atoms with Crippen LogP contribution in [0.15, 0.2) is 53.1 Å². The van der Waals surface area contributed by atoms with Crippen molar-refractivity contribution in [2.45, 2.75) is 31.6 Å². The number of halogens is 1. The number of rotatable bonds is 4. The number of hydrogen-bond donors (Lipinski definition) is 0. The molecule has 6 heteroatoms. The first kappa shape index (κ1) is 17.2. The Morgan fingerprint density at radius 2 is 2.12 bits per heavy atom. The normalized spacial score (nSPS) is 17.6. The van der Waals surface area contributed by atoms with Gasteiger partial charge in [-0.15, -0.1) is 10.2 Å². The van der Waals surface area contributed by atoms with Crippen LogP contribution < -0.4 is 0 Å². The van der Waals surface area contributed by atoms with E-state index in [0.29, 0.717) is 6.42 Å². The highest BCUT2D eigenvalue weighted by molar-refractivity contribution is 9.10. The van der Waals surface area contributed by atoms with E-state index >= 15 is 0 Å². The summed E-state index contributed by atoms with van der Waals surface area (Å²) in [6, 6.07) is 14.1. The number of carbonyl (C=O) groups is 1.